The predicted molar refractivity (Wildman–Crippen MR) is 74.6 cm³/mol. The lowest BCUT2D eigenvalue weighted by Crippen LogP contribution is -2.33. The first kappa shape index (κ1) is 13.2. The Labute approximate surface area is 121 Å². The van der Waals surface area contributed by atoms with E-state index in [0.717, 1.165) is 25.2 Å². The lowest BCUT2D eigenvalue weighted by Gasteiger charge is -2.23. The Morgan fingerprint density at radius 2 is 2.45 bits per heavy atom. The van der Waals surface area contributed by atoms with Crippen molar-refractivity contribution in [2.24, 2.45) is 13.0 Å². The highest BCUT2D eigenvalue weighted by molar-refractivity contribution is 6.29. The van der Waals surface area contributed by atoms with E-state index in [-0.39, 0.29) is 5.91 Å². The second kappa shape index (κ2) is 5.28. The van der Waals surface area contributed by atoms with Crippen LogP contribution in [-0.2, 0) is 20.0 Å². The molecule has 0 aliphatic carbocycles. The molecular formula is C13H16ClN5O. The molecule has 1 atom stereocenters. The number of halogens is 1. The summed E-state index contributed by atoms with van der Waals surface area (Å²) in [5, 5.41) is 7.44. The number of nitrogens with zero attached hydrogens (tertiary/aromatic N) is 4. The molecule has 7 heteroatoms. The third kappa shape index (κ3) is 2.56. The summed E-state index contributed by atoms with van der Waals surface area (Å²) in [6.07, 6.45) is 5.82. The predicted octanol–water partition coefficient (Wildman–Crippen LogP) is 1.26. The molecule has 3 rings (SSSR count). The van der Waals surface area contributed by atoms with Crippen molar-refractivity contribution < 1.29 is 4.79 Å². The summed E-state index contributed by atoms with van der Waals surface area (Å²) in [5.74, 6) is 1.38. The second-order valence-corrected chi connectivity index (χ2v) is 5.47. The Morgan fingerprint density at radius 3 is 3.20 bits per heavy atom. The van der Waals surface area contributed by atoms with Crippen molar-refractivity contribution in [1.82, 2.24) is 24.6 Å². The number of imidazole rings is 1. The summed E-state index contributed by atoms with van der Waals surface area (Å²) < 4.78 is 3.63. The highest BCUT2D eigenvalue weighted by atomic mass is 35.5. The van der Waals surface area contributed by atoms with Crippen LogP contribution in [0.15, 0.2) is 18.5 Å². The van der Waals surface area contributed by atoms with Gasteiger partial charge in [0, 0.05) is 45.0 Å². The maximum absolute atomic E-state index is 12.0. The number of fused-ring (bicyclic) bond motifs is 1. The zero-order chi connectivity index (χ0) is 14.1. The maximum Gasteiger partial charge on any atom is 0.271 e. The first-order valence-corrected chi connectivity index (χ1v) is 6.99. The molecule has 0 saturated carbocycles. The number of hydrogen-bond acceptors (Lipinski definition) is 3. The van der Waals surface area contributed by atoms with Crippen molar-refractivity contribution in [3.63, 3.8) is 0 Å². The van der Waals surface area contributed by atoms with E-state index in [1.165, 1.54) is 4.68 Å². The van der Waals surface area contributed by atoms with Crippen LogP contribution in [0.3, 0.4) is 0 Å². The Hall–Kier alpha value is -1.82. The van der Waals surface area contributed by atoms with Gasteiger partial charge in [-0.25, -0.2) is 4.98 Å². The molecule has 0 fully saturated rings. The summed E-state index contributed by atoms with van der Waals surface area (Å²) in [6, 6.07) is 1.58. The average Bonchev–Trinajstić information content (AvgIpc) is 3.03. The molecule has 1 unspecified atom stereocenters. The Balaban J connectivity index is 1.56. The van der Waals surface area contributed by atoms with E-state index in [1.54, 1.807) is 13.1 Å². The van der Waals surface area contributed by atoms with Crippen molar-refractivity contribution in [2.75, 3.05) is 6.54 Å². The van der Waals surface area contributed by atoms with Gasteiger partial charge in [-0.05, 0) is 12.3 Å². The van der Waals surface area contributed by atoms with Crippen molar-refractivity contribution in [3.8, 4) is 0 Å². The molecule has 0 aromatic carbocycles. The lowest BCUT2D eigenvalue weighted by atomic mass is 9.99. The first-order valence-electron chi connectivity index (χ1n) is 6.61. The first-order chi connectivity index (χ1) is 9.63. The van der Waals surface area contributed by atoms with Gasteiger partial charge in [0.1, 0.15) is 11.0 Å². The molecule has 1 N–H and O–H groups in total. The van der Waals surface area contributed by atoms with Crippen LogP contribution in [-0.4, -0.2) is 31.8 Å². The van der Waals surface area contributed by atoms with Crippen LogP contribution in [0.2, 0.25) is 5.15 Å². The lowest BCUT2D eigenvalue weighted by molar-refractivity contribution is 0.0938. The number of aryl methyl sites for hydroxylation is 2. The van der Waals surface area contributed by atoms with E-state index in [2.05, 4.69) is 20.0 Å². The van der Waals surface area contributed by atoms with Gasteiger partial charge in [0.25, 0.3) is 5.91 Å². The van der Waals surface area contributed by atoms with Gasteiger partial charge in [-0.15, -0.1) is 0 Å². The minimum atomic E-state index is -0.177. The monoisotopic (exact) mass is 293 g/mol. The summed E-state index contributed by atoms with van der Waals surface area (Å²) in [4.78, 5) is 16.3. The zero-order valence-corrected chi connectivity index (χ0v) is 12.0. The van der Waals surface area contributed by atoms with Crippen molar-refractivity contribution in [3.05, 3.63) is 35.1 Å². The van der Waals surface area contributed by atoms with Crippen LogP contribution in [0.25, 0.3) is 0 Å². The highest BCUT2D eigenvalue weighted by Gasteiger charge is 2.20. The average molecular weight is 294 g/mol. The highest BCUT2D eigenvalue weighted by Crippen LogP contribution is 2.18. The number of nitrogens with one attached hydrogen (secondary N) is 1. The van der Waals surface area contributed by atoms with E-state index in [9.17, 15) is 4.79 Å². The fraction of sp³-hybridized carbons (Fsp3) is 0.462. The van der Waals surface area contributed by atoms with Gasteiger partial charge in [-0.3, -0.25) is 9.48 Å². The molecular weight excluding hydrogens is 278 g/mol. The Kier molecular flexibility index (Phi) is 3.48. The van der Waals surface area contributed by atoms with Crippen molar-refractivity contribution >= 4 is 17.5 Å². The van der Waals surface area contributed by atoms with Crippen LogP contribution < -0.4 is 5.32 Å². The van der Waals surface area contributed by atoms with Crippen LogP contribution in [0.4, 0.5) is 0 Å². The summed E-state index contributed by atoms with van der Waals surface area (Å²) >= 11 is 5.88. The van der Waals surface area contributed by atoms with E-state index in [0.29, 0.717) is 23.3 Å². The van der Waals surface area contributed by atoms with Gasteiger partial charge < -0.3 is 9.88 Å². The summed E-state index contributed by atoms with van der Waals surface area (Å²) in [6.45, 7) is 1.54. The van der Waals surface area contributed by atoms with E-state index in [4.69, 9.17) is 11.6 Å². The SMILES string of the molecule is Cn1nc(C(=O)NCC2CCc3nccn3C2)cc1Cl. The third-order valence-corrected chi connectivity index (χ3v) is 3.99. The number of carbonyl (C=O) groups excluding carboxylic acids is 1. The Bertz CT molecular complexity index is 613. The van der Waals surface area contributed by atoms with Crippen molar-refractivity contribution in [2.45, 2.75) is 19.4 Å². The number of rotatable bonds is 3. The minimum absolute atomic E-state index is 0.177. The molecule has 0 saturated heterocycles. The number of amides is 1. The molecule has 1 aliphatic heterocycles. The van der Waals surface area contributed by atoms with Gasteiger partial charge >= 0.3 is 0 Å². The standard InChI is InChI=1S/C13H16ClN5O/c1-18-11(14)6-10(17-18)13(20)16-7-9-2-3-12-15-4-5-19(12)8-9/h4-6,9H,2-3,7-8H2,1H3,(H,16,20). The molecule has 6 nitrogen and oxygen atoms in total. The molecule has 1 aliphatic rings. The fourth-order valence-electron chi connectivity index (χ4n) is 2.49. The molecule has 20 heavy (non-hydrogen) atoms. The molecule has 2 aromatic heterocycles. The van der Waals surface area contributed by atoms with Crippen molar-refractivity contribution in [1.29, 1.82) is 0 Å². The van der Waals surface area contributed by atoms with Gasteiger partial charge in [-0.1, -0.05) is 11.6 Å². The quantitative estimate of drug-likeness (QED) is 0.927. The normalized spacial score (nSPS) is 17.8. The van der Waals surface area contributed by atoms with Gasteiger partial charge in [0.2, 0.25) is 0 Å². The van der Waals surface area contributed by atoms with Crippen LogP contribution in [0, 0.1) is 5.92 Å². The van der Waals surface area contributed by atoms with Gasteiger partial charge in [0.05, 0.1) is 0 Å². The van der Waals surface area contributed by atoms with Crippen LogP contribution in [0.5, 0.6) is 0 Å². The van der Waals surface area contributed by atoms with Gasteiger partial charge in [0.15, 0.2) is 5.69 Å². The second-order valence-electron chi connectivity index (χ2n) is 5.09. The number of carbonyl (C=O) groups is 1. The van der Waals surface area contributed by atoms with Gasteiger partial charge in [-0.2, -0.15) is 5.10 Å². The topological polar surface area (TPSA) is 64.7 Å². The molecule has 3 heterocycles. The molecule has 106 valence electrons. The number of aromatic nitrogens is 4. The maximum atomic E-state index is 12.0. The Morgan fingerprint density at radius 1 is 1.60 bits per heavy atom. The molecule has 0 spiro atoms. The van der Waals surface area contributed by atoms with Crippen LogP contribution >= 0.6 is 11.6 Å². The zero-order valence-electron chi connectivity index (χ0n) is 11.2. The third-order valence-electron chi connectivity index (χ3n) is 3.64. The smallest absolute Gasteiger partial charge is 0.271 e. The van der Waals surface area contributed by atoms with Crippen LogP contribution in [0.1, 0.15) is 22.7 Å². The molecule has 2 aromatic rings. The van der Waals surface area contributed by atoms with E-state index >= 15 is 0 Å². The molecule has 0 radical (unpaired) electrons. The number of hydrogen-bond donors (Lipinski definition) is 1. The summed E-state index contributed by atoms with van der Waals surface area (Å²) in [7, 11) is 1.71. The van der Waals surface area contributed by atoms with E-state index in [1.807, 2.05) is 12.4 Å². The molecule has 1 amide bonds. The minimum Gasteiger partial charge on any atom is -0.350 e. The molecule has 0 bridgehead atoms. The largest absolute Gasteiger partial charge is 0.350 e. The summed E-state index contributed by atoms with van der Waals surface area (Å²) in [5.41, 5.74) is 0.358. The fourth-order valence-corrected chi connectivity index (χ4v) is 2.63. The van der Waals surface area contributed by atoms with E-state index < -0.39 is 0 Å².